The van der Waals surface area contributed by atoms with Crippen molar-refractivity contribution in [2.75, 3.05) is 13.7 Å². The van der Waals surface area contributed by atoms with Crippen molar-refractivity contribution in [2.24, 2.45) is 5.92 Å². The van der Waals surface area contributed by atoms with E-state index < -0.39 is 0 Å². The molecule has 5 heteroatoms. The van der Waals surface area contributed by atoms with Crippen molar-refractivity contribution in [2.45, 2.75) is 19.9 Å². The number of rotatable bonds is 5. The topological polar surface area (TPSA) is 51.2 Å². The van der Waals surface area contributed by atoms with Gasteiger partial charge < -0.3 is 10.1 Å². The summed E-state index contributed by atoms with van der Waals surface area (Å²) in [4.78, 5) is 15.3. The molecule has 2 atom stereocenters. The Labute approximate surface area is 93.7 Å². The van der Waals surface area contributed by atoms with Gasteiger partial charge in [0.1, 0.15) is 5.01 Å². The highest BCUT2D eigenvalue weighted by Gasteiger charge is 2.15. The van der Waals surface area contributed by atoms with Gasteiger partial charge in [0.2, 0.25) is 0 Å². The maximum atomic E-state index is 11.1. The van der Waals surface area contributed by atoms with E-state index in [2.05, 4.69) is 15.0 Å². The van der Waals surface area contributed by atoms with Crippen molar-refractivity contribution in [1.82, 2.24) is 10.3 Å². The fourth-order valence-corrected chi connectivity index (χ4v) is 1.84. The maximum absolute atomic E-state index is 11.1. The van der Waals surface area contributed by atoms with Crippen LogP contribution in [0.25, 0.3) is 0 Å². The third-order valence-electron chi connectivity index (χ3n) is 2.16. The summed E-state index contributed by atoms with van der Waals surface area (Å²) in [5, 5.41) is 6.22. The van der Waals surface area contributed by atoms with E-state index in [0.29, 0.717) is 6.54 Å². The molecule has 4 nitrogen and oxygen atoms in total. The second-order valence-corrected chi connectivity index (χ2v) is 4.35. The standard InChI is InChI=1S/C10H16N2O2S/c1-7(10(13)14-3)6-12-8(2)9-11-4-5-15-9/h4-5,7-8,12H,6H2,1-3H3. The second kappa shape index (κ2) is 5.82. The SMILES string of the molecule is COC(=O)C(C)CNC(C)c1nccs1. The minimum atomic E-state index is -0.186. The molecule has 0 saturated heterocycles. The maximum Gasteiger partial charge on any atom is 0.309 e. The Morgan fingerprint density at radius 2 is 2.40 bits per heavy atom. The lowest BCUT2D eigenvalue weighted by Crippen LogP contribution is -2.29. The van der Waals surface area contributed by atoms with Gasteiger partial charge in [-0.1, -0.05) is 6.92 Å². The summed E-state index contributed by atoms with van der Waals surface area (Å²) in [5.41, 5.74) is 0. The molecule has 0 aliphatic heterocycles. The Morgan fingerprint density at radius 3 is 2.93 bits per heavy atom. The van der Waals surface area contributed by atoms with Crippen molar-refractivity contribution >= 4 is 17.3 Å². The van der Waals surface area contributed by atoms with Crippen LogP contribution in [-0.2, 0) is 9.53 Å². The van der Waals surface area contributed by atoms with Gasteiger partial charge in [-0.25, -0.2) is 4.98 Å². The number of aromatic nitrogens is 1. The average Bonchev–Trinajstić information content (AvgIpc) is 2.77. The largest absolute Gasteiger partial charge is 0.469 e. The first-order valence-electron chi connectivity index (χ1n) is 4.85. The molecule has 84 valence electrons. The molecule has 0 saturated carbocycles. The lowest BCUT2D eigenvalue weighted by Gasteiger charge is -2.14. The van der Waals surface area contributed by atoms with Crippen LogP contribution in [0, 0.1) is 5.92 Å². The van der Waals surface area contributed by atoms with E-state index in [-0.39, 0.29) is 17.9 Å². The fourth-order valence-electron chi connectivity index (χ4n) is 1.17. The van der Waals surface area contributed by atoms with Crippen molar-refractivity contribution in [3.8, 4) is 0 Å². The highest BCUT2D eigenvalue weighted by molar-refractivity contribution is 7.09. The van der Waals surface area contributed by atoms with E-state index in [9.17, 15) is 4.79 Å². The third-order valence-corrected chi connectivity index (χ3v) is 3.11. The second-order valence-electron chi connectivity index (χ2n) is 3.42. The zero-order chi connectivity index (χ0) is 11.3. The Hall–Kier alpha value is -0.940. The first-order valence-corrected chi connectivity index (χ1v) is 5.73. The third kappa shape index (κ3) is 3.60. The van der Waals surface area contributed by atoms with Crippen LogP contribution >= 0.6 is 11.3 Å². The van der Waals surface area contributed by atoms with Crippen LogP contribution < -0.4 is 5.32 Å². The van der Waals surface area contributed by atoms with E-state index in [4.69, 9.17) is 0 Å². The van der Waals surface area contributed by atoms with E-state index in [1.54, 1.807) is 17.5 Å². The lowest BCUT2D eigenvalue weighted by molar-refractivity contribution is -0.144. The quantitative estimate of drug-likeness (QED) is 0.778. The van der Waals surface area contributed by atoms with Gasteiger partial charge in [-0.15, -0.1) is 11.3 Å². The molecular formula is C10H16N2O2S. The van der Waals surface area contributed by atoms with E-state index >= 15 is 0 Å². The van der Waals surface area contributed by atoms with Crippen LogP contribution in [0.5, 0.6) is 0 Å². The molecule has 1 aromatic heterocycles. The molecule has 0 amide bonds. The van der Waals surface area contributed by atoms with Crippen LogP contribution in [-0.4, -0.2) is 24.6 Å². The van der Waals surface area contributed by atoms with Crippen LogP contribution in [0.3, 0.4) is 0 Å². The molecule has 0 bridgehead atoms. The highest BCUT2D eigenvalue weighted by atomic mass is 32.1. The predicted octanol–water partition coefficient (Wildman–Crippen LogP) is 1.60. The van der Waals surface area contributed by atoms with Gasteiger partial charge >= 0.3 is 5.97 Å². The van der Waals surface area contributed by atoms with Gasteiger partial charge in [0.25, 0.3) is 0 Å². The van der Waals surface area contributed by atoms with Crippen LogP contribution in [0.4, 0.5) is 0 Å². The molecule has 1 rings (SSSR count). The van der Waals surface area contributed by atoms with Gasteiger partial charge in [-0.3, -0.25) is 4.79 Å². The number of thiazole rings is 1. The summed E-state index contributed by atoms with van der Waals surface area (Å²) >= 11 is 1.61. The van der Waals surface area contributed by atoms with Crippen LogP contribution in [0.15, 0.2) is 11.6 Å². The van der Waals surface area contributed by atoms with Crippen molar-refractivity contribution in [1.29, 1.82) is 0 Å². The lowest BCUT2D eigenvalue weighted by atomic mass is 10.2. The van der Waals surface area contributed by atoms with Crippen molar-refractivity contribution in [3.63, 3.8) is 0 Å². The Bertz CT molecular complexity index is 300. The van der Waals surface area contributed by atoms with E-state index in [0.717, 1.165) is 5.01 Å². The van der Waals surface area contributed by atoms with Gasteiger partial charge in [0.05, 0.1) is 19.1 Å². The Morgan fingerprint density at radius 1 is 1.67 bits per heavy atom. The van der Waals surface area contributed by atoms with Gasteiger partial charge in [0, 0.05) is 18.1 Å². The first kappa shape index (κ1) is 12.1. The minimum Gasteiger partial charge on any atom is -0.469 e. The summed E-state index contributed by atoms with van der Waals surface area (Å²) in [6, 6.07) is 0.178. The molecule has 0 fully saturated rings. The number of nitrogens with zero attached hydrogens (tertiary/aromatic N) is 1. The number of hydrogen-bond donors (Lipinski definition) is 1. The summed E-state index contributed by atoms with van der Waals surface area (Å²) in [6.45, 7) is 4.48. The minimum absolute atomic E-state index is 0.127. The number of ether oxygens (including phenoxy) is 1. The molecular weight excluding hydrogens is 212 g/mol. The first-order chi connectivity index (χ1) is 7.15. The number of nitrogens with one attached hydrogen (secondary N) is 1. The number of hydrogen-bond acceptors (Lipinski definition) is 5. The molecule has 0 aromatic carbocycles. The number of carbonyl (C=O) groups is 1. The molecule has 1 heterocycles. The molecule has 0 aliphatic rings. The molecule has 2 unspecified atom stereocenters. The molecule has 0 aliphatic carbocycles. The average molecular weight is 228 g/mol. The van der Waals surface area contributed by atoms with Crippen molar-refractivity contribution < 1.29 is 9.53 Å². The molecule has 15 heavy (non-hydrogen) atoms. The normalized spacial score (nSPS) is 14.6. The fraction of sp³-hybridized carbons (Fsp3) is 0.600. The highest BCUT2D eigenvalue weighted by Crippen LogP contribution is 2.14. The Kier molecular flexibility index (Phi) is 4.71. The molecule has 0 radical (unpaired) electrons. The summed E-state index contributed by atoms with van der Waals surface area (Å²) in [6.07, 6.45) is 1.78. The number of esters is 1. The van der Waals surface area contributed by atoms with Crippen LogP contribution in [0.2, 0.25) is 0 Å². The molecule has 0 spiro atoms. The van der Waals surface area contributed by atoms with Gasteiger partial charge in [0.15, 0.2) is 0 Å². The Balaban J connectivity index is 2.34. The molecule has 1 N–H and O–H groups in total. The van der Waals surface area contributed by atoms with Crippen molar-refractivity contribution in [3.05, 3.63) is 16.6 Å². The smallest absolute Gasteiger partial charge is 0.309 e. The van der Waals surface area contributed by atoms with E-state index in [1.807, 2.05) is 19.2 Å². The monoisotopic (exact) mass is 228 g/mol. The zero-order valence-corrected chi connectivity index (χ0v) is 10.0. The number of carbonyl (C=O) groups excluding carboxylic acids is 1. The summed E-state index contributed by atoms with van der Waals surface area (Å²) < 4.78 is 4.64. The zero-order valence-electron chi connectivity index (χ0n) is 9.19. The summed E-state index contributed by atoms with van der Waals surface area (Å²) in [5.74, 6) is -0.314. The van der Waals surface area contributed by atoms with Gasteiger partial charge in [-0.2, -0.15) is 0 Å². The summed E-state index contributed by atoms with van der Waals surface area (Å²) in [7, 11) is 1.41. The van der Waals surface area contributed by atoms with E-state index in [1.165, 1.54) is 7.11 Å². The van der Waals surface area contributed by atoms with Gasteiger partial charge in [-0.05, 0) is 6.92 Å². The predicted molar refractivity (Wildman–Crippen MR) is 59.7 cm³/mol. The van der Waals surface area contributed by atoms with Crippen LogP contribution in [0.1, 0.15) is 24.9 Å². The number of methoxy groups -OCH3 is 1. The molecule has 1 aromatic rings.